The number of hydrogen-bond donors (Lipinski definition) is 1. The van der Waals surface area contributed by atoms with Gasteiger partial charge in [-0.05, 0) is 69.3 Å². The summed E-state index contributed by atoms with van der Waals surface area (Å²) >= 11 is 0. The Hall–Kier alpha value is -3.15. The number of ketones is 1. The predicted molar refractivity (Wildman–Crippen MR) is 116 cm³/mol. The van der Waals surface area contributed by atoms with E-state index < -0.39 is 5.92 Å². The van der Waals surface area contributed by atoms with E-state index in [-0.39, 0.29) is 24.0 Å². The molecule has 0 aliphatic carbocycles. The number of nitrogens with one attached hydrogen (secondary N) is 1. The topological polar surface area (TPSA) is 69.7 Å². The Morgan fingerprint density at radius 2 is 1.66 bits per heavy atom. The number of hydrogen-bond acceptors (Lipinski definition) is 4. The van der Waals surface area contributed by atoms with Crippen molar-refractivity contribution >= 4 is 34.7 Å². The van der Waals surface area contributed by atoms with Crippen LogP contribution in [0.25, 0.3) is 0 Å². The lowest BCUT2D eigenvalue weighted by Gasteiger charge is -2.21. The molecule has 3 rings (SSSR count). The van der Waals surface area contributed by atoms with E-state index in [1.54, 1.807) is 29.2 Å². The standard InChI is InChI=1S/C23H27N3O3/c1-4-25(5-2)20-12-8-19(9-13-20)24-23(29)18-14-22(28)26(15-18)21-10-6-17(7-11-21)16(3)27/h6-13,18H,4-5,14-15H2,1-3H3,(H,24,29). The molecule has 1 atom stereocenters. The first-order chi connectivity index (χ1) is 13.9. The Labute approximate surface area is 171 Å². The van der Waals surface area contributed by atoms with Crippen LogP contribution in [-0.2, 0) is 9.59 Å². The molecule has 6 heteroatoms. The molecule has 1 unspecified atom stereocenters. The first-order valence-corrected chi connectivity index (χ1v) is 10.00. The smallest absolute Gasteiger partial charge is 0.229 e. The maximum Gasteiger partial charge on any atom is 0.229 e. The van der Waals surface area contributed by atoms with Crippen LogP contribution in [0, 0.1) is 5.92 Å². The van der Waals surface area contributed by atoms with Gasteiger partial charge in [0.2, 0.25) is 11.8 Å². The number of rotatable bonds is 7. The maximum absolute atomic E-state index is 12.7. The monoisotopic (exact) mass is 393 g/mol. The lowest BCUT2D eigenvalue weighted by Crippen LogP contribution is -2.28. The molecule has 2 aromatic rings. The Morgan fingerprint density at radius 3 is 2.21 bits per heavy atom. The summed E-state index contributed by atoms with van der Waals surface area (Å²) < 4.78 is 0. The van der Waals surface area contributed by atoms with Crippen LogP contribution in [0.5, 0.6) is 0 Å². The van der Waals surface area contributed by atoms with Gasteiger partial charge >= 0.3 is 0 Å². The number of anilines is 3. The molecule has 152 valence electrons. The third-order valence-electron chi connectivity index (χ3n) is 5.34. The van der Waals surface area contributed by atoms with Gasteiger partial charge in [-0.25, -0.2) is 0 Å². The average molecular weight is 393 g/mol. The quantitative estimate of drug-likeness (QED) is 0.728. The molecule has 1 aliphatic rings. The minimum atomic E-state index is -0.405. The van der Waals surface area contributed by atoms with Crippen LogP contribution >= 0.6 is 0 Å². The van der Waals surface area contributed by atoms with E-state index in [4.69, 9.17) is 0 Å². The first kappa shape index (κ1) is 20.6. The second-order valence-corrected chi connectivity index (χ2v) is 7.22. The molecule has 2 aromatic carbocycles. The van der Waals surface area contributed by atoms with Gasteiger partial charge in [0.25, 0.3) is 0 Å². The number of Topliss-reactive ketones (excluding diaryl/α,β-unsaturated/α-hetero) is 1. The highest BCUT2D eigenvalue weighted by Crippen LogP contribution is 2.27. The fraction of sp³-hybridized carbons (Fsp3) is 0.348. The number of benzene rings is 2. The SMILES string of the molecule is CCN(CC)c1ccc(NC(=O)C2CC(=O)N(c3ccc(C(C)=O)cc3)C2)cc1. The summed E-state index contributed by atoms with van der Waals surface area (Å²) in [5, 5.41) is 2.92. The number of nitrogens with zero attached hydrogens (tertiary/aromatic N) is 2. The second-order valence-electron chi connectivity index (χ2n) is 7.22. The highest BCUT2D eigenvalue weighted by Gasteiger charge is 2.35. The van der Waals surface area contributed by atoms with Crippen LogP contribution in [-0.4, -0.2) is 37.2 Å². The molecule has 1 fully saturated rings. The van der Waals surface area contributed by atoms with Crippen molar-refractivity contribution in [1.82, 2.24) is 0 Å². The summed E-state index contributed by atoms with van der Waals surface area (Å²) in [6, 6.07) is 14.7. The van der Waals surface area contributed by atoms with Gasteiger partial charge in [0.15, 0.2) is 5.78 Å². The van der Waals surface area contributed by atoms with E-state index in [1.165, 1.54) is 6.92 Å². The summed E-state index contributed by atoms with van der Waals surface area (Å²) in [5.41, 5.74) is 3.15. The Morgan fingerprint density at radius 1 is 1.03 bits per heavy atom. The Kier molecular flexibility index (Phi) is 6.32. The van der Waals surface area contributed by atoms with Gasteiger partial charge in [0.1, 0.15) is 0 Å². The third-order valence-corrected chi connectivity index (χ3v) is 5.34. The zero-order chi connectivity index (χ0) is 21.0. The van der Waals surface area contributed by atoms with Gasteiger partial charge in [-0.3, -0.25) is 14.4 Å². The van der Waals surface area contributed by atoms with Gasteiger partial charge in [0, 0.05) is 48.7 Å². The largest absolute Gasteiger partial charge is 0.372 e. The first-order valence-electron chi connectivity index (χ1n) is 10.00. The molecule has 2 amide bonds. The summed E-state index contributed by atoms with van der Waals surface area (Å²) in [7, 11) is 0. The van der Waals surface area contributed by atoms with Gasteiger partial charge < -0.3 is 15.1 Å². The molecule has 1 saturated heterocycles. The van der Waals surface area contributed by atoms with E-state index >= 15 is 0 Å². The lowest BCUT2D eigenvalue weighted by molar-refractivity contribution is -0.122. The third kappa shape index (κ3) is 4.65. The fourth-order valence-corrected chi connectivity index (χ4v) is 3.60. The zero-order valence-corrected chi connectivity index (χ0v) is 17.1. The van der Waals surface area contributed by atoms with E-state index in [0.29, 0.717) is 17.8 Å². The van der Waals surface area contributed by atoms with Crippen molar-refractivity contribution in [2.75, 3.05) is 34.8 Å². The van der Waals surface area contributed by atoms with Crippen molar-refractivity contribution in [3.8, 4) is 0 Å². The maximum atomic E-state index is 12.7. The summed E-state index contributed by atoms with van der Waals surface area (Å²) in [6.07, 6.45) is 0.178. The van der Waals surface area contributed by atoms with Crippen LogP contribution in [0.4, 0.5) is 17.1 Å². The van der Waals surface area contributed by atoms with E-state index in [2.05, 4.69) is 24.1 Å². The molecule has 6 nitrogen and oxygen atoms in total. The number of carbonyl (C=O) groups excluding carboxylic acids is 3. The van der Waals surface area contributed by atoms with Gasteiger partial charge in [-0.1, -0.05) is 0 Å². The highest BCUT2D eigenvalue weighted by molar-refractivity contribution is 6.04. The number of amides is 2. The van der Waals surface area contributed by atoms with Crippen molar-refractivity contribution in [3.63, 3.8) is 0 Å². The normalized spacial score (nSPS) is 16.0. The Bertz CT molecular complexity index is 887. The number of carbonyl (C=O) groups is 3. The highest BCUT2D eigenvalue weighted by atomic mass is 16.2. The summed E-state index contributed by atoms with van der Waals surface area (Å²) in [5.74, 6) is -0.666. The fourth-order valence-electron chi connectivity index (χ4n) is 3.60. The molecule has 29 heavy (non-hydrogen) atoms. The molecule has 0 saturated carbocycles. The minimum Gasteiger partial charge on any atom is -0.372 e. The molecule has 1 aliphatic heterocycles. The average Bonchev–Trinajstić information content (AvgIpc) is 3.12. The van der Waals surface area contributed by atoms with Gasteiger partial charge in [-0.15, -0.1) is 0 Å². The van der Waals surface area contributed by atoms with Crippen molar-refractivity contribution in [2.45, 2.75) is 27.2 Å². The predicted octanol–water partition coefficient (Wildman–Crippen LogP) is 3.73. The van der Waals surface area contributed by atoms with Crippen molar-refractivity contribution in [1.29, 1.82) is 0 Å². The van der Waals surface area contributed by atoms with Crippen LogP contribution < -0.4 is 15.1 Å². The molecule has 0 radical (unpaired) electrons. The van der Waals surface area contributed by atoms with Gasteiger partial charge in [-0.2, -0.15) is 0 Å². The van der Waals surface area contributed by atoms with Crippen LogP contribution in [0.15, 0.2) is 48.5 Å². The van der Waals surface area contributed by atoms with Gasteiger partial charge in [0.05, 0.1) is 5.92 Å². The Balaban J connectivity index is 1.63. The van der Waals surface area contributed by atoms with E-state index in [9.17, 15) is 14.4 Å². The molecule has 1 heterocycles. The summed E-state index contributed by atoms with van der Waals surface area (Å²) in [6.45, 7) is 7.91. The molecule has 0 spiro atoms. The van der Waals surface area contributed by atoms with Crippen molar-refractivity contribution in [2.24, 2.45) is 5.92 Å². The van der Waals surface area contributed by atoms with Crippen molar-refractivity contribution < 1.29 is 14.4 Å². The zero-order valence-electron chi connectivity index (χ0n) is 17.1. The van der Waals surface area contributed by atoms with Crippen LogP contribution in [0.3, 0.4) is 0 Å². The molecular formula is C23H27N3O3. The van der Waals surface area contributed by atoms with Crippen LogP contribution in [0.2, 0.25) is 0 Å². The van der Waals surface area contributed by atoms with Crippen molar-refractivity contribution in [3.05, 3.63) is 54.1 Å². The lowest BCUT2D eigenvalue weighted by atomic mass is 10.1. The second kappa shape index (κ2) is 8.90. The van der Waals surface area contributed by atoms with E-state index in [1.807, 2.05) is 24.3 Å². The summed E-state index contributed by atoms with van der Waals surface area (Å²) in [4.78, 5) is 40.3. The van der Waals surface area contributed by atoms with Crippen LogP contribution in [0.1, 0.15) is 37.6 Å². The minimum absolute atomic E-state index is 0.0198. The molecule has 0 bridgehead atoms. The molecule has 0 aromatic heterocycles. The molecule has 1 N–H and O–H groups in total. The molecular weight excluding hydrogens is 366 g/mol. The van der Waals surface area contributed by atoms with E-state index in [0.717, 1.165) is 24.5 Å².